The molecule has 0 radical (unpaired) electrons. The Balaban J connectivity index is 1.76. The first-order chi connectivity index (χ1) is 12.4. The average Bonchev–Trinajstić information content (AvgIpc) is 3.01. The molecule has 7 nitrogen and oxygen atoms in total. The summed E-state index contributed by atoms with van der Waals surface area (Å²) in [5.74, 6) is -0.213. The van der Waals surface area contributed by atoms with Gasteiger partial charge in [-0.2, -0.15) is 0 Å². The number of nitro groups is 1. The van der Waals surface area contributed by atoms with Crippen LogP contribution in [-0.2, 0) is 11.3 Å². The van der Waals surface area contributed by atoms with Crippen LogP contribution in [0.15, 0.2) is 42.5 Å². The number of carbonyl (C=O) groups excluding carboxylic acids is 2. The minimum Gasteiger partial charge on any atom is -0.338 e. The van der Waals surface area contributed by atoms with Gasteiger partial charge in [-0.15, -0.1) is 0 Å². The number of nitro benzene ring substituents is 1. The molecule has 0 unspecified atom stereocenters. The van der Waals surface area contributed by atoms with E-state index in [1.165, 1.54) is 12.1 Å². The Kier molecular flexibility index (Phi) is 4.97. The van der Waals surface area contributed by atoms with E-state index in [1.807, 2.05) is 6.07 Å². The number of nitrogens with zero attached hydrogens (tertiary/aromatic N) is 2. The van der Waals surface area contributed by atoms with Crippen molar-refractivity contribution in [3.63, 3.8) is 0 Å². The molecule has 0 bridgehead atoms. The molecule has 2 amide bonds. The molecule has 1 fully saturated rings. The van der Waals surface area contributed by atoms with Crippen molar-refractivity contribution in [2.45, 2.75) is 26.3 Å². The molecule has 3 rings (SSSR count). The maximum Gasteiger partial charge on any atom is 0.271 e. The Bertz CT molecular complexity index is 879. The summed E-state index contributed by atoms with van der Waals surface area (Å²) in [5.41, 5.74) is 2.39. The molecule has 2 aromatic rings. The van der Waals surface area contributed by atoms with E-state index in [1.54, 1.807) is 36.1 Å². The van der Waals surface area contributed by atoms with Gasteiger partial charge >= 0.3 is 0 Å². The fraction of sp³-hybridized carbons (Fsp3) is 0.263. The van der Waals surface area contributed by atoms with Crippen molar-refractivity contribution in [2.24, 2.45) is 0 Å². The molecule has 134 valence electrons. The summed E-state index contributed by atoms with van der Waals surface area (Å²) in [7, 11) is 0. The molecule has 0 spiro atoms. The van der Waals surface area contributed by atoms with Gasteiger partial charge in [-0.3, -0.25) is 19.7 Å². The number of benzene rings is 2. The summed E-state index contributed by atoms with van der Waals surface area (Å²) in [6, 6.07) is 11.4. The lowest BCUT2D eigenvalue weighted by Gasteiger charge is -2.16. The maximum atomic E-state index is 12.5. The van der Waals surface area contributed by atoms with E-state index >= 15 is 0 Å². The predicted molar refractivity (Wildman–Crippen MR) is 96.9 cm³/mol. The fourth-order valence-corrected chi connectivity index (χ4v) is 2.96. The van der Waals surface area contributed by atoms with Gasteiger partial charge in [0.25, 0.3) is 11.6 Å². The molecule has 1 N–H and O–H groups in total. The molecule has 7 heteroatoms. The first-order valence-corrected chi connectivity index (χ1v) is 8.37. The van der Waals surface area contributed by atoms with Crippen LogP contribution in [0, 0.1) is 17.0 Å². The number of amides is 2. The minimum atomic E-state index is -0.497. The number of non-ortho nitro benzene ring substituents is 1. The monoisotopic (exact) mass is 353 g/mol. The van der Waals surface area contributed by atoms with Gasteiger partial charge in [0.15, 0.2) is 0 Å². The summed E-state index contributed by atoms with van der Waals surface area (Å²) < 4.78 is 0. The van der Waals surface area contributed by atoms with Gasteiger partial charge in [-0.1, -0.05) is 18.2 Å². The zero-order valence-electron chi connectivity index (χ0n) is 14.4. The fourth-order valence-electron chi connectivity index (χ4n) is 2.96. The van der Waals surface area contributed by atoms with Crippen molar-refractivity contribution in [3.8, 4) is 0 Å². The number of hydrogen-bond donors (Lipinski definition) is 1. The van der Waals surface area contributed by atoms with Crippen molar-refractivity contribution in [3.05, 3.63) is 69.3 Å². The molecule has 0 atom stereocenters. The SMILES string of the molecule is Cc1ccc([N+](=O)[O-])cc1NC(=O)c1cccc(CN2CCCC2=O)c1. The van der Waals surface area contributed by atoms with Crippen molar-refractivity contribution in [1.29, 1.82) is 0 Å². The lowest BCUT2D eigenvalue weighted by molar-refractivity contribution is -0.384. The predicted octanol–water partition coefficient (Wildman–Crippen LogP) is 3.28. The Morgan fingerprint density at radius 1 is 1.27 bits per heavy atom. The molecule has 26 heavy (non-hydrogen) atoms. The number of anilines is 1. The quantitative estimate of drug-likeness (QED) is 0.659. The number of hydrogen-bond acceptors (Lipinski definition) is 4. The highest BCUT2D eigenvalue weighted by Gasteiger charge is 2.20. The highest BCUT2D eigenvalue weighted by molar-refractivity contribution is 6.04. The molecule has 0 aliphatic carbocycles. The lowest BCUT2D eigenvalue weighted by Crippen LogP contribution is -2.24. The van der Waals surface area contributed by atoms with Crippen molar-refractivity contribution < 1.29 is 14.5 Å². The second-order valence-corrected chi connectivity index (χ2v) is 6.33. The van der Waals surface area contributed by atoms with Crippen molar-refractivity contribution in [2.75, 3.05) is 11.9 Å². The van der Waals surface area contributed by atoms with Gasteiger partial charge in [0, 0.05) is 37.2 Å². The largest absolute Gasteiger partial charge is 0.338 e. The Morgan fingerprint density at radius 3 is 2.77 bits per heavy atom. The summed E-state index contributed by atoms with van der Waals surface area (Å²) >= 11 is 0. The van der Waals surface area contributed by atoms with E-state index in [2.05, 4.69) is 5.32 Å². The van der Waals surface area contributed by atoms with Crippen LogP contribution in [0.5, 0.6) is 0 Å². The summed E-state index contributed by atoms with van der Waals surface area (Å²) in [6.07, 6.45) is 1.44. The van der Waals surface area contributed by atoms with Gasteiger partial charge in [0.1, 0.15) is 0 Å². The van der Waals surface area contributed by atoms with Crippen LogP contribution in [-0.4, -0.2) is 28.2 Å². The third-order valence-electron chi connectivity index (χ3n) is 4.41. The molecule has 0 saturated carbocycles. The van der Waals surface area contributed by atoms with E-state index in [4.69, 9.17) is 0 Å². The third-order valence-corrected chi connectivity index (χ3v) is 4.41. The van der Waals surface area contributed by atoms with Gasteiger partial charge in [0.05, 0.1) is 10.6 Å². The van der Waals surface area contributed by atoms with Crippen LogP contribution >= 0.6 is 0 Å². The zero-order chi connectivity index (χ0) is 18.7. The zero-order valence-corrected chi connectivity index (χ0v) is 14.4. The van der Waals surface area contributed by atoms with Crippen LogP contribution in [0.3, 0.4) is 0 Å². The van der Waals surface area contributed by atoms with Crippen molar-refractivity contribution in [1.82, 2.24) is 4.90 Å². The highest BCUT2D eigenvalue weighted by atomic mass is 16.6. The number of nitrogens with one attached hydrogen (secondary N) is 1. The van der Waals surface area contributed by atoms with Gasteiger partial charge < -0.3 is 10.2 Å². The van der Waals surface area contributed by atoms with Crippen LogP contribution in [0.4, 0.5) is 11.4 Å². The number of aryl methyl sites for hydroxylation is 1. The van der Waals surface area contributed by atoms with E-state index < -0.39 is 4.92 Å². The first kappa shape index (κ1) is 17.6. The normalized spacial score (nSPS) is 13.7. The average molecular weight is 353 g/mol. The van der Waals surface area contributed by atoms with Crippen molar-refractivity contribution >= 4 is 23.2 Å². The lowest BCUT2D eigenvalue weighted by atomic mass is 10.1. The molecule has 0 aromatic heterocycles. The number of likely N-dealkylation sites (tertiary alicyclic amines) is 1. The van der Waals surface area contributed by atoms with Crippen LogP contribution < -0.4 is 5.32 Å². The Morgan fingerprint density at radius 2 is 2.08 bits per heavy atom. The van der Waals surface area contributed by atoms with Crippen LogP contribution in [0.1, 0.15) is 34.3 Å². The molecular formula is C19H19N3O4. The number of carbonyl (C=O) groups is 2. The standard InChI is InChI=1S/C19H19N3O4/c1-13-7-8-16(22(25)26)11-17(13)20-19(24)15-5-2-4-14(10-15)12-21-9-3-6-18(21)23/h2,4-5,7-8,10-11H,3,6,9,12H2,1H3,(H,20,24). The van der Waals surface area contributed by atoms with Gasteiger partial charge in [-0.25, -0.2) is 0 Å². The summed E-state index contributed by atoms with van der Waals surface area (Å²) in [6.45, 7) is 2.99. The highest BCUT2D eigenvalue weighted by Crippen LogP contribution is 2.23. The summed E-state index contributed by atoms with van der Waals surface area (Å²) in [5, 5.41) is 13.6. The Labute approximate surface area is 150 Å². The molecule has 1 heterocycles. The smallest absolute Gasteiger partial charge is 0.271 e. The second kappa shape index (κ2) is 7.35. The molecule has 2 aromatic carbocycles. The van der Waals surface area contributed by atoms with E-state index in [-0.39, 0.29) is 17.5 Å². The first-order valence-electron chi connectivity index (χ1n) is 8.37. The minimum absolute atomic E-state index is 0.0767. The van der Waals surface area contributed by atoms with E-state index in [0.29, 0.717) is 24.2 Å². The van der Waals surface area contributed by atoms with Gasteiger partial charge in [0.2, 0.25) is 5.91 Å². The molecule has 1 aliphatic rings. The topological polar surface area (TPSA) is 92.6 Å². The maximum absolute atomic E-state index is 12.5. The van der Waals surface area contributed by atoms with E-state index in [0.717, 1.165) is 24.1 Å². The van der Waals surface area contributed by atoms with E-state index in [9.17, 15) is 19.7 Å². The molecular weight excluding hydrogens is 334 g/mol. The van der Waals surface area contributed by atoms with Gasteiger partial charge in [-0.05, 0) is 36.6 Å². The summed E-state index contributed by atoms with van der Waals surface area (Å²) in [4.78, 5) is 36.5. The van der Waals surface area contributed by atoms with Crippen LogP contribution in [0.25, 0.3) is 0 Å². The second-order valence-electron chi connectivity index (χ2n) is 6.33. The Hall–Kier alpha value is -3.22. The number of rotatable bonds is 5. The molecule has 1 saturated heterocycles. The third kappa shape index (κ3) is 3.88. The molecule has 1 aliphatic heterocycles. The van der Waals surface area contributed by atoms with Crippen LogP contribution in [0.2, 0.25) is 0 Å².